The van der Waals surface area contributed by atoms with Crippen molar-refractivity contribution in [2.24, 2.45) is 0 Å². The molecule has 0 fully saturated rings. The molecular formula is C16H26FN3O. The van der Waals surface area contributed by atoms with Crippen molar-refractivity contribution in [1.29, 1.82) is 0 Å². The van der Waals surface area contributed by atoms with Gasteiger partial charge < -0.3 is 15.1 Å². The summed E-state index contributed by atoms with van der Waals surface area (Å²) in [5, 5.41) is 2.95. The molecule has 0 aliphatic heterocycles. The summed E-state index contributed by atoms with van der Waals surface area (Å²) >= 11 is 0. The molecule has 0 aliphatic carbocycles. The number of likely N-dealkylation sites (N-methyl/N-ethyl adjacent to an activating group) is 1. The molecule has 0 aromatic heterocycles. The highest BCUT2D eigenvalue weighted by Gasteiger charge is 2.14. The lowest BCUT2D eigenvalue weighted by Crippen LogP contribution is -2.45. The number of carbonyl (C=O) groups is 1. The highest BCUT2D eigenvalue weighted by atomic mass is 19.1. The van der Waals surface area contributed by atoms with E-state index in [0.29, 0.717) is 19.6 Å². The molecule has 118 valence electrons. The molecule has 1 rings (SSSR count). The summed E-state index contributed by atoms with van der Waals surface area (Å²) in [5.41, 5.74) is 0.931. The lowest BCUT2D eigenvalue weighted by molar-refractivity contribution is 0.190. The SMILES string of the molecule is CCCN(Cc1ccc(F)cc1)C(=O)NCC(C)N(C)C. The number of nitrogens with one attached hydrogen (secondary N) is 1. The number of rotatable bonds is 7. The van der Waals surface area contributed by atoms with E-state index in [1.165, 1.54) is 12.1 Å². The molecule has 0 saturated carbocycles. The Hall–Kier alpha value is -1.62. The fourth-order valence-corrected chi connectivity index (χ4v) is 1.86. The third-order valence-electron chi connectivity index (χ3n) is 3.50. The second kappa shape index (κ2) is 8.62. The summed E-state index contributed by atoms with van der Waals surface area (Å²) in [6, 6.07) is 6.48. The number of hydrogen-bond acceptors (Lipinski definition) is 2. The largest absolute Gasteiger partial charge is 0.336 e. The second-order valence-corrected chi connectivity index (χ2v) is 5.55. The van der Waals surface area contributed by atoms with Gasteiger partial charge in [-0.05, 0) is 45.1 Å². The average Bonchev–Trinajstić information content (AvgIpc) is 2.46. The van der Waals surface area contributed by atoms with Gasteiger partial charge >= 0.3 is 6.03 Å². The van der Waals surface area contributed by atoms with Crippen LogP contribution in [0.2, 0.25) is 0 Å². The quantitative estimate of drug-likeness (QED) is 0.839. The fourth-order valence-electron chi connectivity index (χ4n) is 1.86. The number of nitrogens with zero attached hydrogens (tertiary/aromatic N) is 2. The maximum atomic E-state index is 12.9. The van der Waals surface area contributed by atoms with E-state index in [0.717, 1.165) is 12.0 Å². The predicted octanol–water partition coefficient (Wildman–Crippen LogP) is 2.70. The lowest BCUT2D eigenvalue weighted by Gasteiger charge is -2.25. The highest BCUT2D eigenvalue weighted by Crippen LogP contribution is 2.07. The number of halogens is 1. The van der Waals surface area contributed by atoms with Crippen LogP contribution in [0.3, 0.4) is 0 Å². The Balaban J connectivity index is 2.59. The van der Waals surface area contributed by atoms with Crippen molar-refractivity contribution in [3.05, 3.63) is 35.6 Å². The number of hydrogen-bond donors (Lipinski definition) is 1. The van der Waals surface area contributed by atoms with Crippen LogP contribution in [0.15, 0.2) is 24.3 Å². The van der Waals surface area contributed by atoms with Crippen molar-refractivity contribution in [2.45, 2.75) is 32.9 Å². The Morgan fingerprint density at radius 2 is 1.90 bits per heavy atom. The van der Waals surface area contributed by atoms with Gasteiger partial charge in [-0.1, -0.05) is 19.1 Å². The number of benzene rings is 1. The van der Waals surface area contributed by atoms with E-state index in [2.05, 4.69) is 17.1 Å². The highest BCUT2D eigenvalue weighted by molar-refractivity contribution is 5.74. The average molecular weight is 295 g/mol. The molecule has 0 spiro atoms. The predicted molar refractivity (Wildman–Crippen MR) is 83.6 cm³/mol. The van der Waals surface area contributed by atoms with E-state index in [-0.39, 0.29) is 17.9 Å². The Morgan fingerprint density at radius 3 is 2.43 bits per heavy atom. The molecule has 5 heteroatoms. The molecule has 0 heterocycles. The van der Waals surface area contributed by atoms with Gasteiger partial charge in [0.15, 0.2) is 0 Å². The molecule has 0 bridgehead atoms. The van der Waals surface area contributed by atoms with Gasteiger partial charge in [0.2, 0.25) is 0 Å². The van der Waals surface area contributed by atoms with E-state index in [4.69, 9.17) is 0 Å². The molecule has 1 N–H and O–H groups in total. The van der Waals surface area contributed by atoms with Crippen molar-refractivity contribution < 1.29 is 9.18 Å². The zero-order valence-electron chi connectivity index (χ0n) is 13.4. The Morgan fingerprint density at radius 1 is 1.29 bits per heavy atom. The Bertz CT molecular complexity index is 434. The van der Waals surface area contributed by atoms with Gasteiger partial charge in [-0.2, -0.15) is 0 Å². The van der Waals surface area contributed by atoms with Gasteiger partial charge in [-0.15, -0.1) is 0 Å². The number of carbonyl (C=O) groups excluding carboxylic acids is 1. The first-order chi connectivity index (χ1) is 9.93. The number of amides is 2. The van der Waals surface area contributed by atoms with E-state index >= 15 is 0 Å². The van der Waals surface area contributed by atoms with Crippen LogP contribution >= 0.6 is 0 Å². The third-order valence-corrected chi connectivity index (χ3v) is 3.50. The van der Waals surface area contributed by atoms with Crippen LogP contribution in [0.1, 0.15) is 25.8 Å². The third kappa shape index (κ3) is 6.12. The van der Waals surface area contributed by atoms with Crippen LogP contribution < -0.4 is 5.32 Å². The molecule has 0 saturated heterocycles. The van der Waals surface area contributed by atoms with Crippen molar-refractivity contribution in [1.82, 2.24) is 15.1 Å². The molecule has 1 atom stereocenters. The van der Waals surface area contributed by atoms with Gasteiger partial charge in [0, 0.05) is 25.7 Å². The van der Waals surface area contributed by atoms with E-state index in [9.17, 15) is 9.18 Å². The minimum atomic E-state index is -0.259. The number of urea groups is 1. The normalized spacial score (nSPS) is 12.3. The molecule has 0 radical (unpaired) electrons. The molecule has 2 amide bonds. The smallest absolute Gasteiger partial charge is 0.317 e. The van der Waals surface area contributed by atoms with Crippen LogP contribution in [0, 0.1) is 5.82 Å². The summed E-state index contributed by atoms with van der Waals surface area (Å²) < 4.78 is 12.9. The van der Waals surface area contributed by atoms with Gasteiger partial charge in [-0.3, -0.25) is 0 Å². The minimum absolute atomic E-state index is 0.0742. The first-order valence-electron chi connectivity index (χ1n) is 7.37. The fraction of sp³-hybridized carbons (Fsp3) is 0.562. The first kappa shape index (κ1) is 17.4. The topological polar surface area (TPSA) is 35.6 Å². The van der Waals surface area contributed by atoms with Crippen molar-refractivity contribution in [3.8, 4) is 0 Å². The van der Waals surface area contributed by atoms with Crippen molar-refractivity contribution >= 4 is 6.03 Å². The van der Waals surface area contributed by atoms with Gasteiger partial charge in [0.1, 0.15) is 5.82 Å². The summed E-state index contributed by atoms with van der Waals surface area (Å²) in [5.74, 6) is -0.259. The summed E-state index contributed by atoms with van der Waals surface area (Å²) in [4.78, 5) is 16.1. The monoisotopic (exact) mass is 295 g/mol. The molecule has 1 aromatic rings. The summed E-state index contributed by atoms with van der Waals surface area (Å²) in [7, 11) is 3.97. The second-order valence-electron chi connectivity index (χ2n) is 5.55. The maximum absolute atomic E-state index is 12.9. The van der Waals surface area contributed by atoms with Crippen LogP contribution in [-0.2, 0) is 6.54 Å². The van der Waals surface area contributed by atoms with Gasteiger partial charge in [-0.25, -0.2) is 9.18 Å². The Kier molecular flexibility index (Phi) is 7.15. The maximum Gasteiger partial charge on any atom is 0.317 e. The molecule has 1 aromatic carbocycles. The summed E-state index contributed by atoms with van der Waals surface area (Å²) in [6.07, 6.45) is 0.887. The van der Waals surface area contributed by atoms with Crippen molar-refractivity contribution in [2.75, 3.05) is 27.2 Å². The molecule has 1 unspecified atom stereocenters. The molecular weight excluding hydrogens is 269 g/mol. The van der Waals surface area contributed by atoms with Crippen LogP contribution in [0.25, 0.3) is 0 Å². The van der Waals surface area contributed by atoms with Crippen molar-refractivity contribution in [3.63, 3.8) is 0 Å². The molecule has 21 heavy (non-hydrogen) atoms. The molecule has 0 aliphatic rings. The van der Waals surface area contributed by atoms with Crippen LogP contribution in [-0.4, -0.2) is 49.1 Å². The van der Waals surface area contributed by atoms with E-state index in [1.54, 1.807) is 17.0 Å². The van der Waals surface area contributed by atoms with E-state index < -0.39 is 0 Å². The van der Waals surface area contributed by atoms with Crippen LogP contribution in [0.5, 0.6) is 0 Å². The Labute approximate surface area is 126 Å². The zero-order valence-corrected chi connectivity index (χ0v) is 13.4. The minimum Gasteiger partial charge on any atom is -0.336 e. The van der Waals surface area contributed by atoms with Gasteiger partial charge in [0.25, 0.3) is 0 Å². The standard InChI is InChI=1S/C16H26FN3O/c1-5-10-20(12-14-6-8-15(17)9-7-14)16(21)18-11-13(2)19(3)4/h6-9,13H,5,10-12H2,1-4H3,(H,18,21). The molecule has 4 nitrogen and oxygen atoms in total. The lowest BCUT2D eigenvalue weighted by atomic mass is 10.2. The zero-order chi connectivity index (χ0) is 15.8. The van der Waals surface area contributed by atoms with Gasteiger partial charge in [0.05, 0.1) is 0 Å². The first-order valence-corrected chi connectivity index (χ1v) is 7.37. The summed E-state index contributed by atoms with van der Waals surface area (Å²) in [6.45, 7) is 5.88. The van der Waals surface area contributed by atoms with E-state index in [1.807, 2.05) is 21.0 Å². The van der Waals surface area contributed by atoms with Crippen LogP contribution in [0.4, 0.5) is 9.18 Å².